The van der Waals surface area contributed by atoms with Gasteiger partial charge in [0.2, 0.25) is 11.8 Å². The van der Waals surface area contributed by atoms with Crippen molar-refractivity contribution in [1.29, 1.82) is 0 Å². The fourth-order valence-corrected chi connectivity index (χ4v) is 3.97. The van der Waals surface area contributed by atoms with Crippen LogP contribution in [0.1, 0.15) is 18.4 Å². The predicted molar refractivity (Wildman–Crippen MR) is 118 cm³/mol. The van der Waals surface area contributed by atoms with Crippen molar-refractivity contribution >= 4 is 17.2 Å². The van der Waals surface area contributed by atoms with Gasteiger partial charge in [0.05, 0.1) is 30.1 Å². The lowest BCUT2D eigenvalue weighted by atomic mass is 9.85. The van der Waals surface area contributed by atoms with Crippen molar-refractivity contribution in [3.05, 3.63) is 66.5 Å². The number of aliphatic hydroxyl groups is 1. The summed E-state index contributed by atoms with van der Waals surface area (Å²) >= 11 is 0. The molecule has 1 aromatic carbocycles. The first-order valence-corrected chi connectivity index (χ1v) is 10.3. The number of anilines is 2. The molecule has 4 aromatic rings. The zero-order chi connectivity index (χ0) is 21.3. The minimum atomic E-state index is -0.803. The molecule has 0 unspecified atom stereocenters. The van der Waals surface area contributed by atoms with Crippen LogP contribution in [-0.4, -0.2) is 44.9 Å². The van der Waals surface area contributed by atoms with E-state index in [4.69, 9.17) is 4.74 Å². The molecule has 0 atom stereocenters. The Hall–Kier alpha value is -3.49. The lowest BCUT2D eigenvalue weighted by molar-refractivity contribution is 0.00599. The molecule has 5 rings (SSSR count). The SMILES string of the molecule is COc1ccc(-c2ccc3cnc(Nc4cccc(C5(O)CCNCC5)c4)nn23)cn1. The molecule has 0 aliphatic carbocycles. The van der Waals surface area contributed by atoms with Crippen LogP contribution in [0.4, 0.5) is 11.6 Å². The summed E-state index contributed by atoms with van der Waals surface area (Å²) in [5.74, 6) is 1.04. The van der Waals surface area contributed by atoms with E-state index in [1.165, 1.54) is 0 Å². The van der Waals surface area contributed by atoms with Crippen molar-refractivity contribution < 1.29 is 9.84 Å². The number of benzene rings is 1. The van der Waals surface area contributed by atoms with E-state index < -0.39 is 5.60 Å². The van der Waals surface area contributed by atoms with E-state index in [0.717, 1.165) is 41.1 Å². The quantitative estimate of drug-likeness (QED) is 0.460. The molecule has 0 radical (unpaired) electrons. The third-order valence-corrected chi connectivity index (χ3v) is 5.73. The Morgan fingerprint density at radius 2 is 1.94 bits per heavy atom. The van der Waals surface area contributed by atoms with Gasteiger partial charge in [-0.1, -0.05) is 12.1 Å². The number of pyridine rings is 1. The van der Waals surface area contributed by atoms with Gasteiger partial charge in [0.25, 0.3) is 0 Å². The molecular formula is C23H24N6O2. The number of hydrogen-bond acceptors (Lipinski definition) is 7. The monoisotopic (exact) mass is 416 g/mol. The van der Waals surface area contributed by atoms with Gasteiger partial charge in [0.15, 0.2) is 0 Å². The maximum absolute atomic E-state index is 11.0. The van der Waals surface area contributed by atoms with Crippen LogP contribution in [0.3, 0.4) is 0 Å². The van der Waals surface area contributed by atoms with Crippen LogP contribution in [0.25, 0.3) is 16.8 Å². The highest BCUT2D eigenvalue weighted by atomic mass is 16.5. The summed E-state index contributed by atoms with van der Waals surface area (Å²) in [6.07, 6.45) is 4.93. The molecule has 0 bridgehead atoms. The molecule has 3 N–H and O–H groups in total. The normalized spacial score (nSPS) is 15.7. The average Bonchev–Trinajstić information content (AvgIpc) is 3.23. The van der Waals surface area contributed by atoms with Gasteiger partial charge in [0, 0.05) is 23.5 Å². The lowest BCUT2D eigenvalue weighted by Gasteiger charge is -2.33. The van der Waals surface area contributed by atoms with Crippen LogP contribution >= 0.6 is 0 Å². The average molecular weight is 416 g/mol. The van der Waals surface area contributed by atoms with Crippen LogP contribution in [-0.2, 0) is 5.60 Å². The molecule has 31 heavy (non-hydrogen) atoms. The molecule has 1 aliphatic rings. The van der Waals surface area contributed by atoms with Crippen LogP contribution < -0.4 is 15.4 Å². The summed E-state index contributed by atoms with van der Waals surface area (Å²) in [7, 11) is 1.60. The molecule has 158 valence electrons. The van der Waals surface area contributed by atoms with Gasteiger partial charge in [-0.2, -0.15) is 0 Å². The predicted octanol–water partition coefficient (Wildman–Crippen LogP) is 3.11. The zero-order valence-electron chi connectivity index (χ0n) is 17.2. The summed E-state index contributed by atoms with van der Waals surface area (Å²) in [5.41, 5.74) is 3.67. The molecule has 1 saturated heterocycles. The highest BCUT2D eigenvalue weighted by Gasteiger charge is 2.31. The maximum atomic E-state index is 11.0. The van der Waals surface area contributed by atoms with Crippen LogP contribution in [0.15, 0.2) is 60.9 Å². The molecule has 8 heteroatoms. The summed E-state index contributed by atoms with van der Waals surface area (Å²) < 4.78 is 6.98. The number of hydrogen-bond donors (Lipinski definition) is 3. The Morgan fingerprint density at radius 1 is 1.06 bits per heavy atom. The summed E-state index contributed by atoms with van der Waals surface area (Å²) in [6, 6.07) is 15.6. The summed E-state index contributed by atoms with van der Waals surface area (Å²) in [5, 5.41) is 22.3. The van der Waals surface area contributed by atoms with E-state index in [1.807, 2.05) is 53.0 Å². The van der Waals surface area contributed by atoms with Crippen molar-refractivity contribution in [1.82, 2.24) is 24.9 Å². The Bertz CT molecular complexity index is 1200. The van der Waals surface area contributed by atoms with Crippen molar-refractivity contribution in [2.24, 2.45) is 0 Å². The highest BCUT2D eigenvalue weighted by molar-refractivity contribution is 5.66. The fourth-order valence-electron chi connectivity index (χ4n) is 3.97. The first-order valence-electron chi connectivity index (χ1n) is 10.3. The number of methoxy groups -OCH3 is 1. The summed E-state index contributed by atoms with van der Waals surface area (Å²) in [6.45, 7) is 1.62. The minimum absolute atomic E-state index is 0.473. The lowest BCUT2D eigenvalue weighted by Crippen LogP contribution is -2.39. The molecule has 8 nitrogen and oxygen atoms in total. The number of nitrogens with one attached hydrogen (secondary N) is 2. The van der Waals surface area contributed by atoms with E-state index in [9.17, 15) is 5.11 Å². The number of piperidine rings is 1. The van der Waals surface area contributed by atoms with Crippen molar-refractivity contribution in [2.45, 2.75) is 18.4 Å². The van der Waals surface area contributed by atoms with Crippen LogP contribution in [0, 0.1) is 0 Å². The number of fused-ring (bicyclic) bond motifs is 1. The molecule has 1 fully saturated rings. The molecule has 1 aliphatic heterocycles. The standard InChI is InChI=1S/C23H24N6O2/c1-31-21-8-5-16(14-25-21)20-7-6-19-15-26-22(28-29(19)20)27-18-4-2-3-17(13-18)23(30)9-11-24-12-10-23/h2-8,13-15,24,30H,9-12H2,1H3,(H,27,28). The molecule has 0 spiro atoms. The van der Waals surface area contributed by atoms with E-state index in [-0.39, 0.29) is 0 Å². The van der Waals surface area contributed by atoms with Gasteiger partial charge in [-0.3, -0.25) is 0 Å². The van der Waals surface area contributed by atoms with Gasteiger partial charge in [-0.15, -0.1) is 5.10 Å². The second-order valence-corrected chi connectivity index (χ2v) is 7.71. The fraction of sp³-hybridized carbons (Fsp3) is 0.261. The Morgan fingerprint density at radius 3 is 2.71 bits per heavy atom. The number of rotatable bonds is 5. The third-order valence-electron chi connectivity index (χ3n) is 5.73. The molecule has 0 amide bonds. The molecule has 3 aromatic heterocycles. The van der Waals surface area contributed by atoms with Gasteiger partial charge in [-0.05, 0) is 61.8 Å². The first kappa shape index (κ1) is 19.5. The van der Waals surface area contributed by atoms with Crippen molar-refractivity contribution in [3.63, 3.8) is 0 Å². The number of nitrogens with zero attached hydrogens (tertiary/aromatic N) is 4. The van der Waals surface area contributed by atoms with E-state index in [1.54, 1.807) is 19.5 Å². The van der Waals surface area contributed by atoms with Gasteiger partial charge in [-0.25, -0.2) is 14.5 Å². The van der Waals surface area contributed by atoms with E-state index >= 15 is 0 Å². The largest absolute Gasteiger partial charge is 0.481 e. The van der Waals surface area contributed by atoms with Gasteiger partial charge < -0.3 is 20.5 Å². The molecule has 4 heterocycles. The third kappa shape index (κ3) is 3.83. The van der Waals surface area contributed by atoms with Crippen LogP contribution in [0.2, 0.25) is 0 Å². The first-order chi connectivity index (χ1) is 15.1. The maximum Gasteiger partial charge on any atom is 0.245 e. The van der Waals surface area contributed by atoms with Crippen molar-refractivity contribution in [3.8, 4) is 17.1 Å². The van der Waals surface area contributed by atoms with Crippen LogP contribution in [0.5, 0.6) is 5.88 Å². The van der Waals surface area contributed by atoms with E-state index in [0.29, 0.717) is 24.7 Å². The van der Waals surface area contributed by atoms with Gasteiger partial charge >= 0.3 is 0 Å². The molecule has 0 saturated carbocycles. The Balaban J connectivity index is 1.44. The topological polar surface area (TPSA) is 96.6 Å². The molecular weight excluding hydrogens is 392 g/mol. The Kier molecular flexibility index (Phi) is 5.01. The number of aromatic nitrogens is 4. The highest BCUT2D eigenvalue weighted by Crippen LogP contribution is 2.32. The minimum Gasteiger partial charge on any atom is -0.481 e. The second kappa shape index (κ2) is 7.98. The van der Waals surface area contributed by atoms with E-state index in [2.05, 4.69) is 25.7 Å². The summed E-state index contributed by atoms with van der Waals surface area (Å²) in [4.78, 5) is 8.73. The zero-order valence-corrected chi connectivity index (χ0v) is 17.2. The smallest absolute Gasteiger partial charge is 0.245 e. The van der Waals surface area contributed by atoms with Gasteiger partial charge in [0.1, 0.15) is 0 Å². The number of ether oxygens (including phenoxy) is 1. The van der Waals surface area contributed by atoms with Crippen molar-refractivity contribution in [2.75, 3.05) is 25.5 Å². The Labute approximate surface area is 179 Å². The second-order valence-electron chi connectivity index (χ2n) is 7.71.